The molecule has 1 saturated heterocycles. The predicted octanol–water partition coefficient (Wildman–Crippen LogP) is 0.0538. The molecule has 0 saturated carbocycles. The van der Waals surface area contributed by atoms with Gasteiger partial charge in [0.05, 0.1) is 0 Å². The van der Waals surface area contributed by atoms with Crippen molar-refractivity contribution in [3.05, 3.63) is 0 Å². The first-order valence-electron chi connectivity index (χ1n) is 5.78. The third-order valence-corrected chi connectivity index (χ3v) is 2.47. The van der Waals surface area contributed by atoms with Crippen molar-refractivity contribution < 1.29 is 14.3 Å². The van der Waals surface area contributed by atoms with Gasteiger partial charge in [0, 0.05) is 25.6 Å². The summed E-state index contributed by atoms with van der Waals surface area (Å²) in [6.45, 7) is 5.26. The fourth-order valence-corrected chi connectivity index (χ4v) is 1.47. The van der Waals surface area contributed by atoms with Gasteiger partial charge >= 0.3 is 0 Å². The molecule has 5 nitrogen and oxygen atoms in total. The van der Waals surface area contributed by atoms with Crippen molar-refractivity contribution in [1.29, 1.82) is 0 Å². The van der Waals surface area contributed by atoms with Crippen LogP contribution >= 0.6 is 0 Å². The standard InChI is InChI=1S/C11H20N2O3/c1-8(2)10(14)12-5-6-13-11(15)9-4-3-7-16-9/h8-9H,3-7H2,1-2H3,(H,12,14)(H,13,15)/t9-/m0/s1. The molecule has 1 fully saturated rings. The Kier molecular flexibility index (Phi) is 5.25. The Morgan fingerprint density at radius 1 is 1.31 bits per heavy atom. The molecule has 5 heteroatoms. The third-order valence-electron chi connectivity index (χ3n) is 2.47. The molecule has 1 heterocycles. The van der Waals surface area contributed by atoms with Gasteiger partial charge in [0.1, 0.15) is 6.10 Å². The van der Waals surface area contributed by atoms with E-state index in [1.807, 2.05) is 13.8 Å². The first-order valence-corrected chi connectivity index (χ1v) is 5.78. The van der Waals surface area contributed by atoms with E-state index < -0.39 is 0 Å². The first-order chi connectivity index (χ1) is 7.61. The molecular formula is C11H20N2O3. The number of carbonyl (C=O) groups is 2. The highest BCUT2D eigenvalue weighted by Gasteiger charge is 2.22. The van der Waals surface area contributed by atoms with Gasteiger partial charge in [-0.25, -0.2) is 0 Å². The van der Waals surface area contributed by atoms with Crippen LogP contribution in [-0.2, 0) is 14.3 Å². The van der Waals surface area contributed by atoms with Crippen molar-refractivity contribution in [2.45, 2.75) is 32.8 Å². The van der Waals surface area contributed by atoms with E-state index in [-0.39, 0.29) is 23.8 Å². The number of rotatable bonds is 5. The lowest BCUT2D eigenvalue weighted by molar-refractivity contribution is -0.130. The van der Waals surface area contributed by atoms with Crippen molar-refractivity contribution in [3.63, 3.8) is 0 Å². The molecule has 0 aliphatic carbocycles. The largest absolute Gasteiger partial charge is 0.368 e. The Balaban J connectivity index is 2.06. The SMILES string of the molecule is CC(C)C(=O)NCCNC(=O)[C@@H]1CCCO1. The zero-order valence-electron chi connectivity index (χ0n) is 9.91. The average molecular weight is 228 g/mol. The number of nitrogens with one attached hydrogen (secondary N) is 2. The minimum Gasteiger partial charge on any atom is -0.368 e. The van der Waals surface area contributed by atoms with E-state index in [9.17, 15) is 9.59 Å². The predicted molar refractivity (Wildman–Crippen MR) is 59.8 cm³/mol. The van der Waals surface area contributed by atoms with Crippen LogP contribution in [0.3, 0.4) is 0 Å². The topological polar surface area (TPSA) is 67.4 Å². The number of hydrogen-bond acceptors (Lipinski definition) is 3. The number of ether oxygens (including phenoxy) is 1. The van der Waals surface area contributed by atoms with E-state index in [0.717, 1.165) is 12.8 Å². The summed E-state index contributed by atoms with van der Waals surface area (Å²) in [4.78, 5) is 22.7. The van der Waals surface area contributed by atoms with Crippen LogP contribution in [0.1, 0.15) is 26.7 Å². The lowest BCUT2D eigenvalue weighted by Gasteiger charge is -2.11. The minimum atomic E-state index is -0.291. The van der Waals surface area contributed by atoms with Crippen LogP contribution in [0.15, 0.2) is 0 Å². The number of amides is 2. The van der Waals surface area contributed by atoms with Gasteiger partial charge in [-0.1, -0.05) is 13.8 Å². The summed E-state index contributed by atoms with van der Waals surface area (Å²) in [5.74, 6) is -0.0865. The molecule has 0 spiro atoms. The van der Waals surface area contributed by atoms with Gasteiger partial charge in [0.15, 0.2) is 0 Å². The number of carbonyl (C=O) groups excluding carboxylic acids is 2. The molecule has 0 unspecified atom stereocenters. The zero-order chi connectivity index (χ0) is 12.0. The van der Waals surface area contributed by atoms with E-state index in [0.29, 0.717) is 19.7 Å². The molecular weight excluding hydrogens is 208 g/mol. The van der Waals surface area contributed by atoms with E-state index >= 15 is 0 Å². The first kappa shape index (κ1) is 13.0. The lowest BCUT2D eigenvalue weighted by atomic mass is 10.2. The van der Waals surface area contributed by atoms with Crippen LogP contribution in [0, 0.1) is 5.92 Å². The summed E-state index contributed by atoms with van der Waals surface area (Å²) in [7, 11) is 0. The maximum absolute atomic E-state index is 11.5. The summed E-state index contributed by atoms with van der Waals surface area (Å²) >= 11 is 0. The second-order valence-corrected chi connectivity index (χ2v) is 4.24. The summed E-state index contributed by atoms with van der Waals surface area (Å²) in [6, 6.07) is 0. The van der Waals surface area contributed by atoms with Gasteiger partial charge in [-0.05, 0) is 12.8 Å². The van der Waals surface area contributed by atoms with Crippen molar-refractivity contribution >= 4 is 11.8 Å². The molecule has 1 aliphatic rings. The molecule has 0 radical (unpaired) electrons. The van der Waals surface area contributed by atoms with Gasteiger partial charge in [0.25, 0.3) is 0 Å². The second kappa shape index (κ2) is 6.48. The van der Waals surface area contributed by atoms with Crippen molar-refractivity contribution in [2.75, 3.05) is 19.7 Å². The Morgan fingerprint density at radius 3 is 2.56 bits per heavy atom. The highest BCUT2D eigenvalue weighted by Crippen LogP contribution is 2.11. The van der Waals surface area contributed by atoms with E-state index in [1.165, 1.54) is 0 Å². The van der Waals surface area contributed by atoms with Crippen molar-refractivity contribution in [3.8, 4) is 0 Å². The van der Waals surface area contributed by atoms with E-state index in [1.54, 1.807) is 0 Å². The Morgan fingerprint density at radius 2 is 2.00 bits per heavy atom. The summed E-state index contributed by atoms with van der Waals surface area (Å²) < 4.78 is 5.23. The molecule has 2 amide bonds. The Labute approximate surface area is 95.9 Å². The fourth-order valence-electron chi connectivity index (χ4n) is 1.47. The second-order valence-electron chi connectivity index (χ2n) is 4.24. The van der Waals surface area contributed by atoms with E-state index in [2.05, 4.69) is 10.6 Å². The molecule has 1 aliphatic heterocycles. The fraction of sp³-hybridized carbons (Fsp3) is 0.818. The number of hydrogen-bond donors (Lipinski definition) is 2. The van der Waals surface area contributed by atoms with Crippen LogP contribution in [0.4, 0.5) is 0 Å². The maximum Gasteiger partial charge on any atom is 0.249 e. The Hall–Kier alpha value is -1.10. The van der Waals surface area contributed by atoms with Crippen LogP contribution < -0.4 is 10.6 Å². The smallest absolute Gasteiger partial charge is 0.249 e. The maximum atomic E-state index is 11.5. The van der Waals surface area contributed by atoms with Crippen LogP contribution in [0.2, 0.25) is 0 Å². The highest BCUT2D eigenvalue weighted by atomic mass is 16.5. The van der Waals surface area contributed by atoms with Crippen LogP contribution in [0.5, 0.6) is 0 Å². The summed E-state index contributed by atoms with van der Waals surface area (Å²) in [6.07, 6.45) is 1.45. The zero-order valence-corrected chi connectivity index (χ0v) is 9.91. The Bertz CT molecular complexity index is 248. The molecule has 16 heavy (non-hydrogen) atoms. The molecule has 2 N–H and O–H groups in total. The van der Waals surface area contributed by atoms with Crippen molar-refractivity contribution in [1.82, 2.24) is 10.6 Å². The van der Waals surface area contributed by atoms with Gasteiger partial charge in [-0.2, -0.15) is 0 Å². The molecule has 0 aromatic rings. The summed E-state index contributed by atoms with van der Waals surface area (Å²) in [5.41, 5.74) is 0. The van der Waals surface area contributed by atoms with Gasteiger partial charge in [-0.3, -0.25) is 9.59 Å². The monoisotopic (exact) mass is 228 g/mol. The minimum absolute atomic E-state index is 0.00589. The van der Waals surface area contributed by atoms with Crippen LogP contribution in [-0.4, -0.2) is 37.6 Å². The lowest BCUT2D eigenvalue weighted by Crippen LogP contribution is -2.40. The van der Waals surface area contributed by atoms with Gasteiger partial charge in [-0.15, -0.1) is 0 Å². The molecule has 0 aromatic carbocycles. The third kappa shape index (κ3) is 4.18. The van der Waals surface area contributed by atoms with Crippen molar-refractivity contribution in [2.24, 2.45) is 5.92 Å². The molecule has 0 bridgehead atoms. The van der Waals surface area contributed by atoms with Gasteiger partial charge in [0.2, 0.25) is 11.8 Å². The van der Waals surface area contributed by atoms with Crippen LogP contribution in [0.25, 0.3) is 0 Å². The quantitative estimate of drug-likeness (QED) is 0.654. The normalized spacial score (nSPS) is 19.8. The molecule has 1 atom stereocenters. The average Bonchev–Trinajstić information content (AvgIpc) is 2.76. The molecule has 92 valence electrons. The highest BCUT2D eigenvalue weighted by molar-refractivity contribution is 5.81. The molecule has 0 aromatic heterocycles. The summed E-state index contributed by atoms with van der Waals surface area (Å²) in [5, 5.41) is 5.47. The van der Waals surface area contributed by atoms with Gasteiger partial charge < -0.3 is 15.4 Å². The molecule has 1 rings (SSSR count). The van der Waals surface area contributed by atoms with E-state index in [4.69, 9.17) is 4.74 Å².